The summed E-state index contributed by atoms with van der Waals surface area (Å²) in [4.78, 5) is 27.7. The Balaban J connectivity index is 1.83. The number of esters is 1. The number of carbonyl (C=O) groups is 2. The molecule has 156 valence electrons. The van der Waals surface area contributed by atoms with Crippen LogP contribution in [0.15, 0.2) is 35.7 Å². The molecule has 1 aromatic carbocycles. The molecule has 3 atom stereocenters. The van der Waals surface area contributed by atoms with Gasteiger partial charge in [0.25, 0.3) is 0 Å². The van der Waals surface area contributed by atoms with E-state index in [-0.39, 0.29) is 30.8 Å². The van der Waals surface area contributed by atoms with Gasteiger partial charge in [-0.25, -0.2) is 4.79 Å². The van der Waals surface area contributed by atoms with Gasteiger partial charge in [-0.2, -0.15) is 0 Å². The quantitative estimate of drug-likeness (QED) is 0.720. The van der Waals surface area contributed by atoms with E-state index in [0.717, 1.165) is 11.1 Å². The molecule has 2 aromatic rings. The molecule has 1 saturated heterocycles. The van der Waals surface area contributed by atoms with Gasteiger partial charge in [-0.3, -0.25) is 9.69 Å². The Morgan fingerprint density at radius 1 is 1.24 bits per heavy atom. The Hall–Kier alpha value is -2.22. The highest BCUT2D eigenvalue weighted by atomic mass is 32.1. The van der Waals surface area contributed by atoms with Crippen molar-refractivity contribution in [2.24, 2.45) is 0 Å². The molecule has 1 aliphatic rings. The van der Waals surface area contributed by atoms with Gasteiger partial charge in [-0.05, 0) is 33.3 Å². The Bertz CT molecular complexity index is 842. The van der Waals surface area contributed by atoms with Crippen molar-refractivity contribution in [1.29, 1.82) is 0 Å². The highest BCUT2D eigenvalue weighted by Gasteiger charge is 2.31. The van der Waals surface area contributed by atoms with Crippen molar-refractivity contribution in [3.05, 3.63) is 41.3 Å². The first-order valence-corrected chi connectivity index (χ1v) is 10.8. The predicted molar refractivity (Wildman–Crippen MR) is 115 cm³/mol. The van der Waals surface area contributed by atoms with Crippen LogP contribution in [0.4, 0.5) is 5.00 Å². The molecule has 2 heterocycles. The maximum atomic E-state index is 13.0. The Morgan fingerprint density at radius 2 is 1.90 bits per heavy atom. The molecule has 0 bridgehead atoms. The van der Waals surface area contributed by atoms with Crippen LogP contribution >= 0.6 is 11.3 Å². The van der Waals surface area contributed by atoms with Crippen LogP contribution in [0.1, 0.15) is 38.1 Å². The van der Waals surface area contributed by atoms with Gasteiger partial charge in [0.15, 0.2) is 0 Å². The molecule has 0 saturated carbocycles. The lowest BCUT2D eigenvalue weighted by Gasteiger charge is -2.38. The molecule has 0 spiro atoms. The number of amides is 1. The summed E-state index contributed by atoms with van der Waals surface area (Å²) >= 11 is 1.34. The van der Waals surface area contributed by atoms with Gasteiger partial charge >= 0.3 is 5.97 Å². The zero-order valence-electron chi connectivity index (χ0n) is 17.3. The number of thiophene rings is 1. The monoisotopic (exact) mass is 416 g/mol. The van der Waals surface area contributed by atoms with E-state index in [1.807, 2.05) is 56.5 Å². The fourth-order valence-electron chi connectivity index (χ4n) is 3.60. The van der Waals surface area contributed by atoms with E-state index >= 15 is 0 Å². The summed E-state index contributed by atoms with van der Waals surface area (Å²) in [5.41, 5.74) is 2.09. The average molecular weight is 417 g/mol. The normalized spacial score (nSPS) is 20.8. The predicted octanol–water partition coefficient (Wildman–Crippen LogP) is 4.03. The first kappa shape index (κ1) is 21.5. The van der Waals surface area contributed by atoms with Crippen LogP contribution in [-0.4, -0.2) is 54.7 Å². The van der Waals surface area contributed by atoms with Crippen LogP contribution in [0.5, 0.6) is 0 Å². The molecule has 6 nitrogen and oxygen atoms in total. The standard InChI is InChI=1S/C22H28N2O4S/c1-5-27-22(26)19-18(17-9-7-6-8-10-17)13-29-21(19)23-20(25)16(4)24-11-14(2)28-15(3)12-24/h6-10,13-16H,5,11-12H2,1-4H3,(H,23,25)/t14-,15-,16-/m0/s1. The lowest BCUT2D eigenvalue weighted by molar-refractivity contribution is -0.126. The van der Waals surface area contributed by atoms with Crippen molar-refractivity contribution in [1.82, 2.24) is 4.90 Å². The summed E-state index contributed by atoms with van der Waals surface area (Å²) in [6.45, 7) is 9.35. The topological polar surface area (TPSA) is 67.9 Å². The third kappa shape index (κ3) is 5.04. The SMILES string of the molecule is CCOC(=O)c1c(-c2ccccc2)csc1NC(=O)[C@H](C)N1C[C@H](C)O[C@@H](C)C1. The molecule has 0 radical (unpaired) electrons. The minimum absolute atomic E-state index is 0.0792. The summed E-state index contributed by atoms with van der Waals surface area (Å²) in [6.07, 6.45) is 0.158. The number of hydrogen-bond acceptors (Lipinski definition) is 6. The Morgan fingerprint density at radius 3 is 2.52 bits per heavy atom. The van der Waals surface area contributed by atoms with Gasteiger partial charge in [-0.15, -0.1) is 11.3 Å². The molecule has 1 aromatic heterocycles. The number of carbonyl (C=O) groups excluding carboxylic acids is 2. The number of morpholine rings is 1. The molecule has 7 heteroatoms. The lowest BCUT2D eigenvalue weighted by atomic mass is 10.0. The third-order valence-electron chi connectivity index (χ3n) is 4.97. The Labute approximate surface area is 175 Å². The second-order valence-corrected chi connectivity index (χ2v) is 8.20. The molecule has 1 N–H and O–H groups in total. The van der Waals surface area contributed by atoms with E-state index in [1.165, 1.54) is 11.3 Å². The zero-order chi connectivity index (χ0) is 21.0. The van der Waals surface area contributed by atoms with Crippen LogP contribution in [0.3, 0.4) is 0 Å². The molecular formula is C22H28N2O4S. The smallest absolute Gasteiger partial charge is 0.341 e. The van der Waals surface area contributed by atoms with Crippen LogP contribution in [0, 0.1) is 0 Å². The van der Waals surface area contributed by atoms with Gasteiger partial charge in [0.05, 0.1) is 24.9 Å². The molecular weight excluding hydrogens is 388 g/mol. The summed E-state index contributed by atoms with van der Waals surface area (Å²) in [5, 5.41) is 5.37. The van der Waals surface area contributed by atoms with E-state index in [1.54, 1.807) is 6.92 Å². The molecule has 1 amide bonds. The molecule has 0 unspecified atom stereocenters. The summed E-state index contributed by atoms with van der Waals surface area (Å²) in [6, 6.07) is 9.31. The van der Waals surface area contributed by atoms with Gasteiger partial charge in [0, 0.05) is 24.0 Å². The number of hydrogen-bond donors (Lipinski definition) is 1. The highest BCUT2D eigenvalue weighted by Crippen LogP contribution is 2.36. The summed E-state index contributed by atoms with van der Waals surface area (Å²) in [7, 11) is 0. The number of rotatable bonds is 6. The number of anilines is 1. The van der Waals surface area contributed by atoms with Crippen molar-refractivity contribution < 1.29 is 19.1 Å². The highest BCUT2D eigenvalue weighted by molar-refractivity contribution is 7.15. The molecule has 3 rings (SSSR count). The van der Waals surface area contributed by atoms with E-state index in [9.17, 15) is 9.59 Å². The third-order valence-corrected chi connectivity index (χ3v) is 5.86. The minimum Gasteiger partial charge on any atom is -0.462 e. The largest absolute Gasteiger partial charge is 0.462 e. The molecule has 1 fully saturated rings. The maximum absolute atomic E-state index is 13.0. The van der Waals surface area contributed by atoms with E-state index in [0.29, 0.717) is 23.7 Å². The number of nitrogens with zero attached hydrogens (tertiary/aromatic N) is 1. The number of benzene rings is 1. The van der Waals surface area contributed by atoms with Gasteiger partial charge in [0.1, 0.15) is 10.6 Å². The fourth-order valence-corrected chi connectivity index (χ4v) is 4.56. The van der Waals surface area contributed by atoms with Crippen molar-refractivity contribution in [3.8, 4) is 11.1 Å². The summed E-state index contributed by atoms with van der Waals surface area (Å²) < 4.78 is 11.0. The molecule has 0 aliphatic carbocycles. The van der Waals surface area contributed by atoms with E-state index in [4.69, 9.17) is 9.47 Å². The van der Waals surface area contributed by atoms with Crippen LogP contribution in [0.2, 0.25) is 0 Å². The second kappa shape index (κ2) is 9.52. The van der Waals surface area contributed by atoms with Crippen LogP contribution in [-0.2, 0) is 14.3 Å². The Kier molecular flexibility index (Phi) is 7.05. The van der Waals surface area contributed by atoms with Crippen LogP contribution < -0.4 is 5.32 Å². The molecule has 29 heavy (non-hydrogen) atoms. The van der Waals surface area contributed by atoms with Gasteiger partial charge in [0.2, 0.25) is 5.91 Å². The first-order valence-electron chi connectivity index (χ1n) is 9.95. The van der Waals surface area contributed by atoms with E-state index in [2.05, 4.69) is 10.2 Å². The van der Waals surface area contributed by atoms with Gasteiger partial charge < -0.3 is 14.8 Å². The van der Waals surface area contributed by atoms with E-state index < -0.39 is 5.97 Å². The van der Waals surface area contributed by atoms with Crippen molar-refractivity contribution in [2.75, 3.05) is 25.0 Å². The minimum atomic E-state index is -0.427. The number of nitrogens with one attached hydrogen (secondary N) is 1. The number of ether oxygens (including phenoxy) is 2. The molecule has 1 aliphatic heterocycles. The second-order valence-electron chi connectivity index (χ2n) is 7.32. The average Bonchev–Trinajstić information content (AvgIpc) is 3.11. The lowest BCUT2D eigenvalue weighted by Crippen LogP contribution is -2.52. The van der Waals surface area contributed by atoms with Crippen LogP contribution in [0.25, 0.3) is 11.1 Å². The van der Waals surface area contributed by atoms with Gasteiger partial charge in [-0.1, -0.05) is 30.3 Å². The summed E-state index contributed by atoms with van der Waals surface area (Å²) in [5.74, 6) is -0.567. The maximum Gasteiger partial charge on any atom is 0.341 e. The zero-order valence-corrected chi connectivity index (χ0v) is 18.1. The fraction of sp³-hybridized carbons (Fsp3) is 0.455. The van der Waals surface area contributed by atoms with Crippen molar-refractivity contribution in [2.45, 2.75) is 45.9 Å². The first-order chi connectivity index (χ1) is 13.9. The van der Waals surface area contributed by atoms with Crippen molar-refractivity contribution >= 4 is 28.2 Å². The van der Waals surface area contributed by atoms with Crippen molar-refractivity contribution in [3.63, 3.8) is 0 Å².